The number of nitrogens with two attached hydrogens (primary N) is 2. The van der Waals surface area contributed by atoms with Crippen LogP contribution in [-0.2, 0) is 16.9 Å². The monoisotopic (exact) mass is 650 g/mol. The first-order valence-electron chi connectivity index (χ1n) is 16.3. The van der Waals surface area contributed by atoms with E-state index in [2.05, 4.69) is 82.3 Å². The molecule has 7 nitrogen and oxygen atoms in total. The van der Waals surface area contributed by atoms with Crippen molar-refractivity contribution in [2.24, 2.45) is 16.9 Å². The number of ketones is 1. The van der Waals surface area contributed by atoms with Gasteiger partial charge < -0.3 is 21.1 Å². The molecular formula is C42H42N4O3. The highest BCUT2D eigenvalue weighted by molar-refractivity contribution is 6.05. The molecule has 1 heterocycles. The van der Waals surface area contributed by atoms with Gasteiger partial charge in [-0.25, -0.2) is 4.98 Å². The maximum absolute atomic E-state index is 13.0. The zero-order valence-corrected chi connectivity index (χ0v) is 27.8. The van der Waals surface area contributed by atoms with Gasteiger partial charge in [-0.2, -0.15) is 0 Å². The van der Waals surface area contributed by atoms with Crippen LogP contribution in [0.1, 0.15) is 53.0 Å². The Morgan fingerprint density at radius 3 is 1.61 bits per heavy atom. The average molecular weight is 651 g/mol. The van der Waals surface area contributed by atoms with Crippen LogP contribution in [0.25, 0.3) is 11.1 Å². The smallest absolute Gasteiger partial charge is 0.320 e. The van der Waals surface area contributed by atoms with Crippen LogP contribution in [0.4, 0.5) is 0 Å². The summed E-state index contributed by atoms with van der Waals surface area (Å²) in [5.41, 5.74) is 16.9. The highest BCUT2D eigenvalue weighted by Gasteiger charge is 2.38. The summed E-state index contributed by atoms with van der Waals surface area (Å²) in [4.78, 5) is 28.5. The predicted molar refractivity (Wildman–Crippen MR) is 195 cm³/mol. The summed E-state index contributed by atoms with van der Waals surface area (Å²) in [5.74, 6) is -1.20. The molecule has 5 aromatic carbocycles. The van der Waals surface area contributed by atoms with E-state index >= 15 is 0 Å². The lowest BCUT2D eigenvalue weighted by Crippen LogP contribution is -2.38. The fourth-order valence-electron chi connectivity index (χ4n) is 6.28. The van der Waals surface area contributed by atoms with Gasteiger partial charge in [0.15, 0.2) is 5.78 Å². The van der Waals surface area contributed by atoms with E-state index < -0.39 is 23.0 Å². The normalized spacial score (nSPS) is 12.0. The topological polar surface area (TPSA) is 124 Å². The highest BCUT2D eigenvalue weighted by atomic mass is 16.4. The number of Topliss-reactive ketones (excluding diaryl/α,β-unsaturated/α-hetero) is 1. The molecule has 0 amide bonds. The molecule has 0 bridgehead atoms. The Bertz CT molecular complexity index is 1860. The molecule has 1 unspecified atom stereocenters. The van der Waals surface area contributed by atoms with Gasteiger partial charge in [-0.1, -0.05) is 159 Å². The summed E-state index contributed by atoms with van der Waals surface area (Å²) in [5, 5.41) is 8.99. The largest absolute Gasteiger partial charge is 0.480 e. The lowest BCUT2D eigenvalue weighted by Gasteiger charge is -2.37. The molecule has 7 heteroatoms. The third-order valence-electron chi connectivity index (χ3n) is 8.73. The molecular weight excluding hydrogens is 608 g/mol. The lowest BCUT2D eigenvalue weighted by atomic mass is 9.77. The van der Waals surface area contributed by atoms with Gasteiger partial charge in [0.05, 0.1) is 12.0 Å². The Kier molecular flexibility index (Phi) is 11.0. The number of benzene rings is 5. The minimum absolute atomic E-state index is 0.0876. The maximum atomic E-state index is 13.0. The van der Waals surface area contributed by atoms with E-state index in [9.17, 15) is 9.59 Å². The summed E-state index contributed by atoms with van der Waals surface area (Å²) in [6.07, 6.45) is 4.02. The molecule has 248 valence electrons. The molecule has 0 fully saturated rings. The van der Waals surface area contributed by atoms with Crippen LogP contribution in [0.3, 0.4) is 0 Å². The molecule has 6 rings (SSSR count). The third-order valence-corrected chi connectivity index (χ3v) is 8.73. The van der Waals surface area contributed by atoms with Crippen molar-refractivity contribution < 1.29 is 14.7 Å². The Morgan fingerprint density at radius 2 is 1.16 bits per heavy atom. The second kappa shape index (κ2) is 15.5. The minimum Gasteiger partial charge on any atom is -0.480 e. The number of carbonyl (C=O) groups is 2. The van der Waals surface area contributed by atoms with Gasteiger partial charge in [-0.05, 0) is 34.2 Å². The van der Waals surface area contributed by atoms with E-state index in [4.69, 9.17) is 16.6 Å². The van der Waals surface area contributed by atoms with E-state index in [1.54, 1.807) is 19.9 Å². The Labute approximate surface area is 287 Å². The van der Waals surface area contributed by atoms with Crippen molar-refractivity contribution in [1.29, 1.82) is 0 Å². The number of carboxylic acids is 1. The third kappa shape index (κ3) is 7.59. The average Bonchev–Trinajstić information content (AvgIpc) is 3.63. The van der Waals surface area contributed by atoms with Crippen molar-refractivity contribution in [1.82, 2.24) is 9.55 Å². The molecule has 0 aliphatic heterocycles. The Hall–Kier alpha value is -5.63. The molecule has 1 aromatic heterocycles. The number of nitrogens with zero attached hydrogens (tertiary/aromatic N) is 2. The van der Waals surface area contributed by atoms with Crippen LogP contribution < -0.4 is 11.5 Å². The Morgan fingerprint density at radius 1 is 0.714 bits per heavy atom. The van der Waals surface area contributed by atoms with Crippen molar-refractivity contribution in [3.05, 3.63) is 186 Å². The van der Waals surface area contributed by atoms with Crippen LogP contribution in [-0.4, -0.2) is 32.5 Å². The molecule has 0 radical (unpaired) electrons. The van der Waals surface area contributed by atoms with Crippen LogP contribution in [0.2, 0.25) is 0 Å². The summed E-state index contributed by atoms with van der Waals surface area (Å²) >= 11 is 0. The molecule has 0 spiro atoms. The van der Waals surface area contributed by atoms with Crippen LogP contribution in [0, 0.1) is 5.41 Å². The number of carboxylic acid groups (broad SMARTS) is 1. The molecule has 0 aliphatic carbocycles. The molecule has 1 atom stereocenters. The number of hydrogen-bond acceptors (Lipinski definition) is 5. The predicted octanol–water partition coefficient (Wildman–Crippen LogP) is 7.55. The second-order valence-corrected chi connectivity index (χ2v) is 12.6. The van der Waals surface area contributed by atoms with Gasteiger partial charge in [0.2, 0.25) is 0 Å². The van der Waals surface area contributed by atoms with Crippen molar-refractivity contribution in [3.8, 4) is 11.1 Å². The summed E-state index contributed by atoms with van der Waals surface area (Å²) in [6.45, 7) is 3.89. The van der Waals surface area contributed by atoms with Crippen molar-refractivity contribution in [2.75, 3.05) is 0 Å². The SMILES string of the molecule is CC(C)(CC(N)C(=O)O)C(=O)c1ccccc1-c1ccccc1.NCc1cn(C(c2ccccc2)(c2ccccc2)c2ccccc2)cn1. The van der Waals surface area contributed by atoms with Crippen molar-refractivity contribution >= 4 is 11.8 Å². The number of hydrogen-bond donors (Lipinski definition) is 3. The van der Waals surface area contributed by atoms with Crippen molar-refractivity contribution in [3.63, 3.8) is 0 Å². The summed E-state index contributed by atoms with van der Waals surface area (Å²) in [6, 6.07) is 47.6. The van der Waals surface area contributed by atoms with Gasteiger partial charge in [-0.15, -0.1) is 0 Å². The molecule has 0 aliphatic rings. The first-order chi connectivity index (χ1) is 23.7. The minimum atomic E-state index is -1.10. The number of aliphatic carboxylic acids is 1. The molecule has 0 saturated heterocycles. The van der Waals surface area contributed by atoms with Crippen LogP contribution in [0.5, 0.6) is 0 Å². The highest BCUT2D eigenvalue weighted by Crippen LogP contribution is 2.40. The standard InChI is InChI=1S/C23H21N3.C19H21NO3/c24-16-22-17-26(18-25-22)23(19-10-4-1-5-11-19,20-12-6-2-7-13-20)21-14-8-3-9-15-21;1-19(2,12-16(20)18(22)23)17(21)15-11-7-6-10-14(15)13-8-4-3-5-9-13/h1-15,17-18H,16,24H2;3-11,16H,12,20H2,1-2H3,(H,22,23). The fourth-order valence-corrected chi connectivity index (χ4v) is 6.28. The van der Waals surface area contributed by atoms with Gasteiger partial charge in [-0.3, -0.25) is 9.59 Å². The number of carbonyl (C=O) groups excluding carboxylic acids is 1. The Balaban J connectivity index is 0.000000193. The lowest BCUT2D eigenvalue weighted by molar-refractivity contribution is -0.139. The summed E-state index contributed by atoms with van der Waals surface area (Å²) in [7, 11) is 0. The summed E-state index contributed by atoms with van der Waals surface area (Å²) < 4.78 is 2.18. The molecule has 49 heavy (non-hydrogen) atoms. The van der Waals surface area contributed by atoms with Crippen molar-refractivity contribution in [2.45, 2.75) is 38.4 Å². The first-order valence-corrected chi connectivity index (χ1v) is 16.3. The maximum Gasteiger partial charge on any atom is 0.320 e. The first kappa shape index (κ1) is 34.7. The molecule has 5 N–H and O–H groups in total. The van der Waals surface area contributed by atoms with E-state index in [-0.39, 0.29) is 12.2 Å². The quantitative estimate of drug-likeness (QED) is 0.0983. The van der Waals surface area contributed by atoms with E-state index in [0.717, 1.165) is 16.8 Å². The molecule has 0 saturated carbocycles. The van der Waals surface area contributed by atoms with E-state index in [0.29, 0.717) is 12.1 Å². The van der Waals surface area contributed by atoms with Gasteiger partial charge in [0.1, 0.15) is 11.6 Å². The second-order valence-electron chi connectivity index (χ2n) is 12.6. The van der Waals surface area contributed by atoms with Gasteiger partial charge in [0.25, 0.3) is 0 Å². The zero-order chi connectivity index (χ0) is 34.9. The number of imidazole rings is 1. The zero-order valence-electron chi connectivity index (χ0n) is 27.8. The number of aromatic nitrogens is 2. The van der Waals surface area contributed by atoms with Gasteiger partial charge in [0, 0.05) is 23.7 Å². The number of rotatable bonds is 11. The van der Waals surface area contributed by atoms with Gasteiger partial charge >= 0.3 is 5.97 Å². The fraction of sp³-hybridized carbons (Fsp3) is 0.167. The van der Waals surface area contributed by atoms with Crippen LogP contribution in [0.15, 0.2) is 158 Å². The van der Waals surface area contributed by atoms with E-state index in [1.165, 1.54) is 16.7 Å². The van der Waals surface area contributed by atoms with E-state index in [1.807, 2.05) is 79.3 Å². The van der Waals surface area contributed by atoms with Crippen LogP contribution >= 0.6 is 0 Å². The molecule has 6 aromatic rings.